The number of nitrogens with one attached hydrogen (secondary N) is 1. The van der Waals surface area contributed by atoms with Crippen LogP contribution >= 0.6 is 0 Å². The maximum absolute atomic E-state index is 10.4. The van der Waals surface area contributed by atoms with Crippen molar-refractivity contribution in [1.82, 2.24) is 5.32 Å². The molecular weight excluding hydrogens is 250 g/mol. The van der Waals surface area contributed by atoms with Gasteiger partial charge in [-0.05, 0) is 22.8 Å². The highest BCUT2D eigenvalue weighted by molar-refractivity contribution is 5.45. The number of carbonyl (C=O) groups excluding carboxylic acids is 1. The van der Waals surface area contributed by atoms with E-state index in [-0.39, 0.29) is 10.8 Å². The molecule has 0 aromatic heterocycles. The highest BCUT2D eigenvalue weighted by Crippen LogP contribution is 2.33. The summed E-state index contributed by atoms with van der Waals surface area (Å²) in [5.41, 5.74) is 1.36. The van der Waals surface area contributed by atoms with Crippen molar-refractivity contribution in [3.8, 4) is 0 Å². The third-order valence-corrected chi connectivity index (χ3v) is 3.23. The van der Waals surface area contributed by atoms with Crippen molar-refractivity contribution < 1.29 is 9.53 Å². The van der Waals surface area contributed by atoms with Gasteiger partial charge in [0, 0.05) is 6.54 Å². The van der Waals surface area contributed by atoms with Crippen LogP contribution in [0.1, 0.15) is 39.7 Å². The van der Waals surface area contributed by atoms with Gasteiger partial charge in [0.05, 0.1) is 13.2 Å². The van der Waals surface area contributed by atoms with Gasteiger partial charge in [0.25, 0.3) is 0 Å². The number of amides is 1. The molecule has 1 rings (SSSR count). The fourth-order valence-electron chi connectivity index (χ4n) is 2.75. The molecule has 0 atom stereocenters. The van der Waals surface area contributed by atoms with Crippen LogP contribution in [0.4, 0.5) is 0 Å². The second kappa shape index (κ2) is 7.44. The van der Waals surface area contributed by atoms with E-state index < -0.39 is 0 Å². The molecule has 3 nitrogen and oxygen atoms in total. The van der Waals surface area contributed by atoms with Gasteiger partial charge in [-0.1, -0.05) is 58.0 Å². The summed E-state index contributed by atoms with van der Waals surface area (Å²) in [6.07, 6.45) is 1.76. The normalized spacial score (nSPS) is 12.2. The first kappa shape index (κ1) is 16.7. The molecule has 0 bridgehead atoms. The van der Waals surface area contributed by atoms with E-state index in [1.807, 2.05) is 18.2 Å². The molecule has 0 heterocycles. The predicted molar refractivity (Wildman–Crippen MR) is 82.3 cm³/mol. The van der Waals surface area contributed by atoms with Crippen LogP contribution in [0, 0.1) is 10.8 Å². The average molecular weight is 277 g/mol. The molecule has 0 saturated carbocycles. The van der Waals surface area contributed by atoms with Crippen molar-refractivity contribution >= 4 is 6.41 Å². The molecule has 0 saturated heterocycles. The van der Waals surface area contributed by atoms with Gasteiger partial charge in [-0.15, -0.1) is 0 Å². The summed E-state index contributed by atoms with van der Waals surface area (Å²) in [4.78, 5) is 10.4. The first-order chi connectivity index (χ1) is 9.35. The molecule has 112 valence electrons. The Kier molecular flexibility index (Phi) is 6.21. The molecule has 0 fully saturated rings. The van der Waals surface area contributed by atoms with Crippen LogP contribution in [-0.2, 0) is 16.1 Å². The van der Waals surface area contributed by atoms with Gasteiger partial charge in [-0.3, -0.25) is 4.79 Å². The van der Waals surface area contributed by atoms with Crippen LogP contribution in [-0.4, -0.2) is 19.6 Å². The van der Waals surface area contributed by atoms with Crippen molar-refractivity contribution in [2.24, 2.45) is 10.8 Å². The van der Waals surface area contributed by atoms with E-state index in [9.17, 15) is 4.79 Å². The van der Waals surface area contributed by atoms with Crippen molar-refractivity contribution in [2.75, 3.05) is 13.2 Å². The Morgan fingerprint density at radius 1 is 1.10 bits per heavy atom. The number of hydrogen-bond acceptors (Lipinski definition) is 2. The molecule has 0 aliphatic heterocycles. The molecule has 1 aromatic carbocycles. The smallest absolute Gasteiger partial charge is 0.207 e. The summed E-state index contributed by atoms with van der Waals surface area (Å²) < 4.78 is 5.84. The largest absolute Gasteiger partial charge is 0.376 e. The van der Waals surface area contributed by atoms with E-state index in [0.717, 1.165) is 12.8 Å². The van der Waals surface area contributed by atoms with Crippen LogP contribution < -0.4 is 5.32 Å². The standard InChI is InChI=1S/C17H27NO2/c1-16(2,12-18-14-19)11-17(3,4)13-20-10-15-8-6-5-7-9-15/h5-9,14H,10-13H2,1-4H3,(H,18,19). The molecule has 1 aromatic rings. The minimum Gasteiger partial charge on any atom is -0.376 e. The Balaban J connectivity index is 2.39. The van der Waals surface area contributed by atoms with E-state index in [1.165, 1.54) is 5.56 Å². The molecule has 3 heteroatoms. The minimum absolute atomic E-state index is 0.0700. The minimum atomic E-state index is 0.0700. The molecule has 1 N–H and O–H groups in total. The lowest BCUT2D eigenvalue weighted by Gasteiger charge is -2.34. The molecule has 1 amide bonds. The van der Waals surface area contributed by atoms with E-state index in [0.29, 0.717) is 19.8 Å². The molecule has 0 spiro atoms. The van der Waals surface area contributed by atoms with Crippen LogP contribution in [0.25, 0.3) is 0 Å². The first-order valence-corrected chi connectivity index (χ1v) is 7.13. The lowest BCUT2D eigenvalue weighted by molar-refractivity contribution is -0.110. The summed E-state index contributed by atoms with van der Waals surface area (Å²) in [6.45, 7) is 10.8. The second-order valence-corrected chi connectivity index (χ2v) is 6.98. The topological polar surface area (TPSA) is 38.3 Å². The molecule has 0 aliphatic carbocycles. The SMILES string of the molecule is CC(C)(CNC=O)CC(C)(C)COCc1ccccc1. The molecule has 0 radical (unpaired) electrons. The lowest BCUT2D eigenvalue weighted by atomic mass is 9.75. The van der Waals surface area contributed by atoms with Gasteiger partial charge < -0.3 is 10.1 Å². The number of hydrogen-bond donors (Lipinski definition) is 1. The van der Waals surface area contributed by atoms with Gasteiger partial charge in [0.2, 0.25) is 6.41 Å². The first-order valence-electron chi connectivity index (χ1n) is 7.13. The van der Waals surface area contributed by atoms with Gasteiger partial charge >= 0.3 is 0 Å². The van der Waals surface area contributed by atoms with Crippen molar-refractivity contribution in [3.63, 3.8) is 0 Å². The summed E-state index contributed by atoms with van der Waals surface area (Å²) in [5, 5.41) is 2.77. The van der Waals surface area contributed by atoms with Gasteiger partial charge in [-0.2, -0.15) is 0 Å². The lowest BCUT2D eigenvalue weighted by Crippen LogP contribution is -2.34. The maximum Gasteiger partial charge on any atom is 0.207 e. The van der Waals surface area contributed by atoms with Crippen LogP contribution in [0.2, 0.25) is 0 Å². The Morgan fingerprint density at radius 2 is 1.75 bits per heavy atom. The fourth-order valence-corrected chi connectivity index (χ4v) is 2.75. The molecular formula is C17H27NO2. The van der Waals surface area contributed by atoms with E-state index in [4.69, 9.17) is 4.74 Å². The highest BCUT2D eigenvalue weighted by atomic mass is 16.5. The second-order valence-electron chi connectivity index (χ2n) is 6.98. The van der Waals surface area contributed by atoms with Gasteiger partial charge in [-0.25, -0.2) is 0 Å². The third-order valence-electron chi connectivity index (χ3n) is 3.23. The maximum atomic E-state index is 10.4. The quantitative estimate of drug-likeness (QED) is 0.703. The van der Waals surface area contributed by atoms with Crippen molar-refractivity contribution in [1.29, 1.82) is 0 Å². The molecule has 0 aliphatic rings. The molecule has 20 heavy (non-hydrogen) atoms. The Labute approximate surface area is 122 Å². The summed E-state index contributed by atoms with van der Waals surface area (Å²) >= 11 is 0. The van der Waals surface area contributed by atoms with Crippen LogP contribution in [0.3, 0.4) is 0 Å². The number of carbonyl (C=O) groups is 1. The Bertz CT molecular complexity index is 399. The van der Waals surface area contributed by atoms with Crippen LogP contribution in [0.5, 0.6) is 0 Å². The monoisotopic (exact) mass is 277 g/mol. The third kappa shape index (κ3) is 6.71. The predicted octanol–water partition coefficient (Wildman–Crippen LogP) is 3.39. The fraction of sp³-hybridized carbons (Fsp3) is 0.588. The average Bonchev–Trinajstić information content (AvgIpc) is 2.36. The molecule has 0 unspecified atom stereocenters. The zero-order chi connectivity index (χ0) is 15.1. The van der Waals surface area contributed by atoms with Crippen molar-refractivity contribution in [2.45, 2.75) is 40.7 Å². The highest BCUT2D eigenvalue weighted by Gasteiger charge is 2.28. The Morgan fingerprint density at radius 3 is 2.35 bits per heavy atom. The summed E-state index contributed by atoms with van der Waals surface area (Å²) in [6, 6.07) is 10.2. The van der Waals surface area contributed by atoms with E-state index >= 15 is 0 Å². The van der Waals surface area contributed by atoms with Gasteiger partial charge in [0.15, 0.2) is 0 Å². The van der Waals surface area contributed by atoms with Gasteiger partial charge in [0.1, 0.15) is 0 Å². The zero-order valence-corrected chi connectivity index (χ0v) is 13.1. The van der Waals surface area contributed by atoms with E-state index in [2.05, 4.69) is 45.1 Å². The summed E-state index contributed by atoms with van der Waals surface area (Å²) in [7, 11) is 0. The zero-order valence-electron chi connectivity index (χ0n) is 13.1. The number of rotatable bonds is 9. The summed E-state index contributed by atoms with van der Waals surface area (Å²) in [5.74, 6) is 0. The van der Waals surface area contributed by atoms with Crippen LogP contribution in [0.15, 0.2) is 30.3 Å². The number of benzene rings is 1. The number of ether oxygens (including phenoxy) is 1. The van der Waals surface area contributed by atoms with Crippen molar-refractivity contribution in [3.05, 3.63) is 35.9 Å². The Hall–Kier alpha value is -1.35. The van der Waals surface area contributed by atoms with E-state index in [1.54, 1.807) is 0 Å².